The standard InChI is InChI=1S/C28H49N5O2/c1-17(23-8-4-6-18-5-2-3-7-24(18)23)33-25-16-20(27(30)32-35)10-9-19(25)15-26(33)28(34)31-22-13-11-21(29)12-14-22/h17-26,35H,2-16,29H2,1H3,(H2,30,32)(H,31,34)/t17-,18?,19?,20?,21?,22?,23?,24?,25?,26?/m0/s1. The Balaban J connectivity index is 1.37. The third kappa shape index (κ3) is 5.22. The van der Waals surface area contributed by atoms with Gasteiger partial charge in [-0.15, -0.1) is 0 Å². The van der Waals surface area contributed by atoms with E-state index in [4.69, 9.17) is 11.5 Å². The number of nitrogens with two attached hydrogens (primary N) is 2. The second-order valence-electron chi connectivity index (χ2n) is 12.7. The number of carbonyl (C=O) groups is 1. The fourth-order valence-electron chi connectivity index (χ4n) is 9.04. The number of amides is 1. The number of rotatable bonds is 5. The fraction of sp³-hybridized carbons (Fsp3) is 0.929. The van der Waals surface area contributed by atoms with Crippen molar-refractivity contribution in [3.8, 4) is 0 Å². The highest BCUT2D eigenvalue weighted by Crippen LogP contribution is 2.50. The Kier molecular flexibility index (Phi) is 7.93. The number of fused-ring (bicyclic) bond motifs is 2. The van der Waals surface area contributed by atoms with Gasteiger partial charge < -0.3 is 22.0 Å². The predicted molar refractivity (Wildman–Crippen MR) is 139 cm³/mol. The lowest BCUT2D eigenvalue weighted by Crippen LogP contribution is -2.56. The van der Waals surface area contributed by atoms with Crippen molar-refractivity contribution < 1.29 is 10.0 Å². The van der Waals surface area contributed by atoms with Crippen LogP contribution in [0.5, 0.6) is 0 Å². The van der Waals surface area contributed by atoms with Gasteiger partial charge in [0.15, 0.2) is 0 Å². The maximum Gasteiger partial charge on any atom is 0.237 e. The molecule has 198 valence electrons. The molecule has 0 aromatic heterocycles. The van der Waals surface area contributed by atoms with E-state index in [1.165, 1.54) is 44.9 Å². The molecule has 6 N–H and O–H groups in total. The molecular formula is C28H49N5O2. The number of hydrogen-bond acceptors (Lipinski definition) is 5. The van der Waals surface area contributed by atoms with Gasteiger partial charge in [-0.1, -0.05) is 37.3 Å². The van der Waals surface area contributed by atoms with Gasteiger partial charge in [0.1, 0.15) is 5.84 Å². The quantitative estimate of drug-likeness (QED) is 0.203. The zero-order valence-corrected chi connectivity index (χ0v) is 21.8. The van der Waals surface area contributed by atoms with E-state index in [2.05, 4.69) is 22.3 Å². The van der Waals surface area contributed by atoms with E-state index in [9.17, 15) is 10.0 Å². The van der Waals surface area contributed by atoms with Crippen molar-refractivity contribution in [1.82, 2.24) is 10.2 Å². The highest BCUT2D eigenvalue weighted by molar-refractivity contribution is 5.83. The molecule has 35 heavy (non-hydrogen) atoms. The Hall–Kier alpha value is -1.34. The summed E-state index contributed by atoms with van der Waals surface area (Å²) in [6.07, 6.45) is 17.5. The number of carbonyl (C=O) groups excluding carboxylic acids is 1. The van der Waals surface area contributed by atoms with Crippen molar-refractivity contribution >= 4 is 11.7 Å². The largest absolute Gasteiger partial charge is 0.409 e. The fourth-order valence-corrected chi connectivity index (χ4v) is 9.04. The monoisotopic (exact) mass is 487 g/mol. The highest BCUT2D eigenvalue weighted by atomic mass is 16.4. The second kappa shape index (κ2) is 11.0. The van der Waals surface area contributed by atoms with Gasteiger partial charge in [0, 0.05) is 30.1 Å². The molecule has 4 aliphatic carbocycles. The lowest BCUT2D eigenvalue weighted by molar-refractivity contribution is -0.129. The van der Waals surface area contributed by atoms with Gasteiger partial charge in [0.25, 0.3) is 0 Å². The van der Waals surface area contributed by atoms with Crippen LogP contribution < -0.4 is 16.8 Å². The molecule has 0 aromatic carbocycles. The number of amidine groups is 1. The van der Waals surface area contributed by atoms with Crippen LogP contribution in [0.2, 0.25) is 0 Å². The van der Waals surface area contributed by atoms with Crippen LogP contribution in [0.25, 0.3) is 0 Å². The molecule has 1 heterocycles. The third-order valence-corrected chi connectivity index (χ3v) is 10.9. The summed E-state index contributed by atoms with van der Waals surface area (Å²) < 4.78 is 0. The number of nitrogens with one attached hydrogen (secondary N) is 1. The summed E-state index contributed by atoms with van der Waals surface area (Å²) in [4.78, 5) is 16.5. The molecule has 5 rings (SSSR count). The van der Waals surface area contributed by atoms with E-state index in [0.29, 0.717) is 35.8 Å². The van der Waals surface area contributed by atoms with Crippen molar-refractivity contribution in [2.75, 3.05) is 0 Å². The molecule has 1 aliphatic heterocycles. The lowest BCUT2D eigenvalue weighted by Gasteiger charge is -2.49. The smallest absolute Gasteiger partial charge is 0.237 e. The Morgan fingerprint density at radius 2 is 1.69 bits per heavy atom. The molecular weight excluding hydrogens is 438 g/mol. The molecule has 8 atom stereocenters. The van der Waals surface area contributed by atoms with Crippen LogP contribution in [0.15, 0.2) is 5.16 Å². The Labute approximate surface area is 211 Å². The molecule has 1 amide bonds. The normalized spacial score (nSPS) is 43.7. The zero-order chi connectivity index (χ0) is 24.5. The van der Waals surface area contributed by atoms with Crippen molar-refractivity contribution in [2.24, 2.45) is 46.2 Å². The zero-order valence-electron chi connectivity index (χ0n) is 21.8. The van der Waals surface area contributed by atoms with E-state index in [-0.39, 0.29) is 23.9 Å². The molecule has 4 saturated carbocycles. The van der Waals surface area contributed by atoms with Gasteiger partial charge in [-0.3, -0.25) is 9.69 Å². The number of hydrogen-bond donors (Lipinski definition) is 4. The van der Waals surface area contributed by atoms with Gasteiger partial charge in [-0.25, -0.2) is 0 Å². The summed E-state index contributed by atoms with van der Waals surface area (Å²) >= 11 is 0. The molecule has 0 radical (unpaired) electrons. The van der Waals surface area contributed by atoms with Crippen LogP contribution in [0.3, 0.4) is 0 Å². The maximum atomic E-state index is 13.8. The molecule has 0 spiro atoms. The summed E-state index contributed by atoms with van der Waals surface area (Å²) in [5, 5.41) is 16.2. The summed E-state index contributed by atoms with van der Waals surface area (Å²) in [5.41, 5.74) is 12.2. The van der Waals surface area contributed by atoms with Crippen LogP contribution in [0.4, 0.5) is 0 Å². The van der Waals surface area contributed by atoms with Gasteiger partial charge in [-0.05, 0) is 94.8 Å². The van der Waals surface area contributed by atoms with E-state index in [0.717, 1.165) is 63.2 Å². The van der Waals surface area contributed by atoms with E-state index in [1.807, 2.05) is 0 Å². The lowest BCUT2D eigenvalue weighted by atomic mass is 9.63. The average Bonchev–Trinajstić information content (AvgIpc) is 3.27. The molecule has 7 nitrogen and oxygen atoms in total. The minimum absolute atomic E-state index is 0.0504. The van der Waals surface area contributed by atoms with Gasteiger partial charge in [0.05, 0.1) is 6.04 Å². The molecule has 7 heteroatoms. The van der Waals surface area contributed by atoms with Gasteiger partial charge >= 0.3 is 0 Å². The van der Waals surface area contributed by atoms with Crippen molar-refractivity contribution in [3.63, 3.8) is 0 Å². The summed E-state index contributed by atoms with van der Waals surface area (Å²) in [6, 6.07) is 1.26. The topological polar surface area (TPSA) is 117 Å². The summed E-state index contributed by atoms with van der Waals surface area (Å²) in [5.74, 6) is 3.64. The highest BCUT2D eigenvalue weighted by Gasteiger charge is 2.52. The van der Waals surface area contributed by atoms with E-state index < -0.39 is 0 Å². The summed E-state index contributed by atoms with van der Waals surface area (Å²) in [6.45, 7) is 2.43. The second-order valence-corrected chi connectivity index (χ2v) is 12.7. The van der Waals surface area contributed by atoms with Gasteiger partial charge in [0.2, 0.25) is 5.91 Å². The number of oxime groups is 1. The first kappa shape index (κ1) is 25.3. The van der Waals surface area contributed by atoms with Crippen molar-refractivity contribution in [1.29, 1.82) is 0 Å². The van der Waals surface area contributed by atoms with Crippen LogP contribution >= 0.6 is 0 Å². The molecule has 5 fully saturated rings. The van der Waals surface area contributed by atoms with Crippen molar-refractivity contribution in [3.05, 3.63) is 0 Å². The van der Waals surface area contributed by atoms with E-state index >= 15 is 0 Å². The number of nitrogens with zero attached hydrogens (tertiary/aromatic N) is 2. The van der Waals surface area contributed by atoms with Crippen LogP contribution in [-0.2, 0) is 4.79 Å². The first-order valence-electron chi connectivity index (χ1n) is 14.8. The molecule has 0 bridgehead atoms. The van der Waals surface area contributed by atoms with Crippen molar-refractivity contribution in [2.45, 2.75) is 133 Å². The Morgan fingerprint density at radius 3 is 2.46 bits per heavy atom. The minimum Gasteiger partial charge on any atom is -0.409 e. The Bertz CT molecular complexity index is 764. The Morgan fingerprint density at radius 1 is 0.943 bits per heavy atom. The molecule has 5 aliphatic rings. The summed E-state index contributed by atoms with van der Waals surface area (Å²) in [7, 11) is 0. The molecule has 0 aromatic rings. The van der Waals surface area contributed by atoms with Gasteiger partial charge in [-0.2, -0.15) is 0 Å². The van der Waals surface area contributed by atoms with Crippen LogP contribution in [-0.4, -0.2) is 52.1 Å². The first-order chi connectivity index (χ1) is 17.0. The third-order valence-electron chi connectivity index (χ3n) is 10.9. The molecule has 7 unspecified atom stereocenters. The average molecular weight is 488 g/mol. The maximum absolute atomic E-state index is 13.8. The van der Waals surface area contributed by atoms with Crippen LogP contribution in [0, 0.1) is 29.6 Å². The molecule has 1 saturated heterocycles. The first-order valence-corrected chi connectivity index (χ1v) is 14.8. The van der Waals surface area contributed by atoms with E-state index in [1.54, 1.807) is 0 Å². The minimum atomic E-state index is -0.0504. The SMILES string of the molecule is C[C@@H](C1CCCC2CCCCC21)N1C(C(=O)NC2CCC(N)CC2)CC2CCC(/C(N)=N/O)CC21. The number of likely N-dealkylation sites (tertiary alicyclic amines) is 1. The predicted octanol–water partition coefficient (Wildman–Crippen LogP) is 3.97. The van der Waals surface area contributed by atoms with Crippen LogP contribution in [0.1, 0.15) is 103 Å².